The molecule has 0 spiro atoms. The van der Waals surface area contributed by atoms with Crippen LogP contribution in [0, 0.1) is 10.8 Å². The molecule has 0 unspecified atom stereocenters. The second kappa shape index (κ2) is 4.35. The highest BCUT2D eigenvalue weighted by atomic mass is 79.9. The average Bonchev–Trinajstić information content (AvgIpc) is 2.37. The van der Waals surface area contributed by atoms with Gasteiger partial charge >= 0.3 is 0 Å². The first-order valence-electron chi connectivity index (χ1n) is 4.89. The molecule has 0 saturated carbocycles. The van der Waals surface area contributed by atoms with Crippen molar-refractivity contribution in [2.24, 2.45) is 0 Å². The molecule has 0 aromatic heterocycles. The van der Waals surface area contributed by atoms with Gasteiger partial charge in [0.2, 0.25) is 0 Å². The summed E-state index contributed by atoms with van der Waals surface area (Å²) in [5.41, 5.74) is 1.83. The lowest BCUT2D eigenvalue weighted by Crippen LogP contribution is -2.35. The first-order valence-corrected chi connectivity index (χ1v) is 5.68. The second-order valence-corrected chi connectivity index (χ2v) is 4.45. The van der Waals surface area contributed by atoms with Gasteiger partial charge in [-0.25, -0.2) is 0 Å². The maximum atomic E-state index is 7.86. The zero-order valence-corrected chi connectivity index (χ0v) is 10.5. The predicted molar refractivity (Wildman–Crippen MR) is 67.4 cm³/mol. The normalized spacial score (nSPS) is 15.6. The molecule has 0 atom stereocenters. The summed E-state index contributed by atoms with van der Waals surface area (Å²) in [6, 6.07) is 5.74. The van der Waals surface area contributed by atoms with Crippen LogP contribution >= 0.6 is 15.9 Å². The van der Waals surface area contributed by atoms with Gasteiger partial charge in [-0.3, -0.25) is 15.7 Å². The summed E-state index contributed by atoms with van der Waals surface area (Å²) < 4.78 is 6.35. The van der Waals surface area contributed by atoms with E-state index in [0.717, 1.165) is 15.7 Å². The minimum absolute atomic E-state index is 0.233. The highest BCUT2D eigenvalue weighted by Crippen LogP contribution is 2.30. The zero-order chi connectivity index (χ0) is 11.7. The largest absolute Gasteiger partial charge is 0.369 e. The number of nitrogens with zero attached hydrogens (tertiary/aromatic N) is 1. The standard InChI is InChI=1S/C11H12BrN3O/c1-7(13)15-10-4-2-3-9(12)8(10)5-16-6-11(15)14/h2-4,13-14H,5-6H2,1H3. The second-order valence-electron chi connectivity index (χ2n) is 3.60. The summed E-state index contributed by atoms with van der Waals surface area (Å²) in [4.78, 5) is 1.60. The van der Waals surface area contributed by atoms with E-state index in [-0.39, 0.29) is 6.61 Å². The highest BCUT2D eigenvalue weighted by molar-refractivity contribution is 9.10. The third kappa shape index (κ3) is 1.88. The Balaban J connectivity index is 2.59. The van der Waals surface area contributed by atoms with Crippen LogP contribution in [0.15, 0.2) is 22.7 Å². The van der Waals surface area contributed by atoms with E-state index in [9.17, 15) is 0 Å². The molecule has 0 amide bonds. The molecule has 5 heteroatoms. The number of nitrogens with one attached hydrogen (secondary N) is 2. The zero-order valence-electron chi connectivity index (χ0n) is 8.88. The lowest BCUT2D eigenvalue weighted by molar-refractivity contribution is 0.159. The minimum atomic E-state index is 0.233. The van der Waals surface area contributed by atoms with E-state index in [1.165, 1.54) is 0 Å². The fourth-order valence-electron chi connectivity index (χ4n) is 1.74. The molecule has 0 aliphatic carbocycles. The van der Waals surface area contributed by atoms with E-state index < -0.39 is 0 Å². The van der Waals surface area contributed by atoms with Crippen molar-refractivity contribution in [1.29, 1.82) is 10.8 Å². The van der Waals surface area contributed by atoms with Gasteiger partial charge in [0.15, 0.2) is 0 Å². The van der Waals surface area contributed by atoms with Crippen LogP contribution in [0.3, 0.4) is 0 Å². The van der Waals surface area contributed by atoms with Crippen LogP contribution in [-0.4, -0.2) is 18.3 Å². The summed E-state index contributed by atoms with van der Waals surface area (Å²) in [6.07, 6.45) is 0. The smallest absolute Gasteiger partial charge is 0.132 e. The minimum Gasteiger partial charge on any atom is -0.369 e. The van der Waals surface area contributed by atoms with Gasteiger partial charge in [-0.05, 0) is 19.1 Å². The van der Waals surface area contributed by atoms with Gasteiger partial charge in [-0.2, -0.15) is 0 Å². The van der Waals surface area contributed by atoms with E-state index in [4.69, 9.17) is 15.6 Å². The van der Waals surface area contributed by atoms with Crippen LogP contribution < -0.4 is 4.90 Å². The summed E-state index contributed by atoms with van der Waals surface area (Å²) in [5, 5.41) is 15.6. The third-order valence-corrected chi connectivity index (χ3v) is 3.17. The predicted octanol–water partition coefficient (Wildman–Crippen LogP) is 2.76. The monoisotopic (exact) mass is 281 g/mol. The van der Waals surface area contributed by atoms with Crippen LogP contribution in [0.1, 0.15) is 12.5 Å². The van der Waals surface area contributed by atoms with Crippen molar-refractivity contribution in [3.8, 4) is 0 Å². The van der Waals surface area contributed by atoms with Crippen LogP contribution in [0.4, 0.5) is 5.69 Å². The number of halogens is 1. The number of rotatable bonds is 0. The fraction of sp³-hybridized carbons (Fsp3) is 0.273. The lowest BCUT2D eigenvalue weighted by Gasteiger charge is -2.23. The molecule has 1 aliphatic rings. The van der Waals surface area contributed by atoms with Crippen LogP contribution in [0.5, 0.6) is 0 Å². The molecule has 2 N–H and O–H groups in total. The number of hydrogen-bond donors (Lipinski definition) is 2. The van der Waals surface area contributed by atoms with Crippen LogP contribution in [0.25, 0.3) is 0 Å². The lowest BCUT2D eigenvalue weighted by atomic mass is 10.1. The summed E-state index contributed by atoms with van der Waals surface area (Å²) in [5.74, 6) is 0.624. The van der Waals surface area contributed by atoms with Crippen molar-refractivity contribution in [3.05, 3.63) is 28.2 Å². The van der Waals surface area contributed by atoms with Gasteiger partial charge in [0.25, 0.3) is 0 Å². The molecule has 4 nitrogen and oxygen atoms in total. The number of amidine groups is 2. The molecule has 0 radical (unpaired) electrons. The van der Waals surface area contributed by atoms with Crippen molar-refractivity contribution in [2.45, 2.75) is 13.5 Å². The van der Waals surface area contributed by atoms with Gasteiger partial charge in [0, 0.05) is 10.0 Å². The Kier molecular flexibility index (Phi) is 3.07. The number of fused-ring (bicyclic) bond motifs is 1. The molecule has 0 saturated heterocycles. The van der Waals surface area contributed by atoms with Gasteiger partial charge in [0.05, 0.1) is 12.3 Å². The number of hydrogen-bond acceptors (Lipinski definition) is 3. The molecule has 0 fully saturated rings. The van der Waals surface area contributed by atoms with Gasteiger partial charge in [0.1, 0.15) is 18.3 Å². The molecule has 1 aromatic carbocycles. The highest BCUT2D eigenvalue weighted by Gasteiger charge is 2.22. The van der Waals surface area contributed by atoms with Crippen molar-refractivity contribution < 1.29 is 4.74 Å². The molecule has 16 heavy (non-hydrogen) atoms. The van der Waals surface area contributed by atoms with E-state index >= 15 is 0 Å². The van der Waals surface area contributed by atoms with Gasteiger partial charge < -0.3 is 4.74 Å². The Hall–Kier alpha value is -1.20. The molecule has 1 aliphatic heterocycles. The van der Waals surface area contributed by atoms with Crippen LogP contribution in [-0.2, 0) is 11.3 Å². The number of ether oxygens (including phenoxy) is 1. The number of benzene rings is 1. The van der Waals surface area contributed by atoms with Crippen molar-refractivity contribution in [3.63, 3.8) is 0 Å². The van der Waals surface area contributed by atoms with E-state index in [1.54, 1.807) is 11.8 Å². The molecule has 1 heterocycles. The molecular weight excluding hydrogens is 270 g/mol. The van der Waals surface area contributed by atoms with Gasteiger partial charge in [-0.15, -0.1) is 0 Å². The Morgan fingerprint density at radius 3 is 2.88 bits per heavy atom. The maximum absolute atomic E-state index is 7.86. The number of anilines is 1. The molecule has 2 rings (SSSR count). The Morgan fingerprint density at radius 2 is 2.19 bits per heavy atom. The molecule has 0 bridgehead atoms. The van der Waals surface area contributed by atoms with E-state index in [1.807, 2.05) is 18.2 Å². The summed E-state index contributed by atoms with van der Waals surface area (Å²) in [7, 11) is 0. The Bertz CT molecular complexity index is 459. The Labute approximate surface area is 102 Å². The van der Waals surface area contributed by atoms with Crippen LogP contribution in [0.2, 0.25) is 0 Å². The first-order chi connectivity index (χ1) is 7.61. The average molecular weight is 282 g/mol. The van der Waals surface area contributed by atoms with Crippen molar-refractivity contribution in [2.75, 3.05) is 11.5 Å². The maximum Gasteiger partial charge on any atom is 0.132 e. The SMILES string of the molecule is CC(=N)N1C(=N)COCc2c(Br)cccc21. The van der Waals surface area contributed by atoms with E-state index in [0.29, 0.717) is 18.3 Å². The molecular formula is C11H12BrN3O. The first kappa shape index (κ1) is 11.3. The van der Waals surface area contributed by atoms with Crippen molar-refractivity contribution in [1.82, 2.24) is 0 Å². The van der Waals surface area contributed by atoms with Gasteiger partial charge in [-0.1, -0.05) is 22.0 Å². The summed E-state index contributed by atoms with van der Waals surface area (Å²) >= 11 is 3.47. The molecule has 84 valence electrons. The fourth-order valence-corrected chi connectivity index (χ4v) is 2.21. The Morgan fingerprint density at radius 1 is 1.44 bits per heavy atom. The topological polar surface area (TPSA) is 60.2 Å². The van der Waals surface area contributed by atoms with E-state index in [2.05, 4.69) is 15.9 Å². The quantitative estimate of drug-likeness (QED) is 0.567. The van der Waals surface area contributed by atoms with Crippen molar-refractivity contribution >= 4 is 33.3 Å². The third-order valence-electron chi connectivity index (χ3n) is 2.43. The molecule has 1 aromatic rings. The summed E-state index contributed by atoms with van der Waals surface area (Å²) in [6.45, 7) is 2.37.